The topological polar surface area (TPSA) is 103 Å². The Morgan fingerprint density at radius 1 is 1.50 bits per heavy atom. The Kier molecular flexibility index (Phi) is 3.54. The van der Waals surface area contributed by atoms with Crippen LogP contribution in [0.15, 0.2) is 18.5 Å². The molecule has 2 atom stereocenters. The van der Waals surface area contributed by atoms with Gasteiger partial charge in [0.25, 0.3) is 0 Å². The van der Waals surface area contributed by atoms with Gasteiger partial charge in [-0.15, -0.1) is 0 Å². The standard InChI is InChI=1S/C9H11N3O2/c10-2-6-1-7(5-12-4-6)9(14)8(13)3-11/h1,4-5,8-9,13-14H,3,11H2. The molecule has 0 radical (unpaired) electrons. The third kappa shape index (κ3) is 2.26. The molecule has 1 rings (SSSR count). The van der Waals surface area contributed by atoms with Crippen molar-refractivity contribution < 1.29 is 10.2 Å². The zero-order valence-electron chi connectivity index (χ0n) is 7.46. The molecular formula is C9H11N3O2. The SMILES string of the molecule is N#Cc1cncc(C(O)C(O)CN)c1. The molecule has 0 aliphatic carbocycles. The Morgan fingerprint density at radius 2 is 2.21 bits per heavy atom. The minimum atomic E-state index is -1.10. The number of aromatic nitrogens is 1. The number of rotatable bonds is 3. The molecule has 0 aliphatic rings. The second-order valence-corrected chi connectivity index (χ2v) is 2.87. The average molecular weight is 193 g/mol. The number of nitriles is 1. The van der Waals surface area contributed by atoms with Crippen LogP contribution >= 0.6 is 0 Å². The van der Waals surface area contributed by atoms with E-state index in [0.29, 0.717) is 11.1 Å². The second kappa shape index (κ2) is 4.67. The van der Waals surface area contributed by atoms with E-state index in [9.17, 15) is 10.2 Å². The summed E-state index contributed by atoms with van der Waals surface area (Å²) >= 11 is 0. The first-order valence-electron chi connectivity index (χ1n) is 4.10. The van der Waals surface area contributed by atoms with E-state index in [1.807, 2.05) is 6.07 Å². The summed E-state index contributed by atoms with van der Waals surface area (Å²) < 4.78 is 0. The molecule has 1 heterocycles. The Hall–Kier alpha value is -1.48. The van der Waals surface area contributed by atoms with Gasteiger partial charge in [0.2, 0.25) is 0 Å². The number of pyridine rings is 1. The van der Waals surface area contributed by atoms with Crippen molar-refractivity contribution >= 4 is 0 Å². The Labute approximate surface area is 81.4 Å². The average Bonchev–Trinajstić information content (AvgIpc) is 2.27. The molecule has 0 amide bonds. The van der Waals surface area contributed by atoms with Gasteiger partial charge >= 0.3 is 0 Å². The normalized spacial score (nSPS) is 14.4. The summed E-state index contributed by atoms with van der Waals surface area (Å²) in [7, 11) is 0. The molecule has 74 valence electrons. The molecule has 5 nitrogen and oxygen atoms in total. The van der Waals surface area contributed by atoms with Gasteiger partial charge in [-0.2, -0.15) is 5.26 Å². The monoisotopic (exact) mass is 193 g/mol. The van der Waals surface area contributed by atoms with Crippen LogP contribution in [0.4, 0.5) is 0 Å². The minimum Gasteiger partial charge on any atom is -0.389 e. The zero-order valence-corrected chi connectivity index (χ0v) is 7.46. The lowest BCUT2D eigenvalue weighted by molar-refractivity contribution is 0.0241. The van der Waals surface area contributed by atoms with Gasteiger partial charge in [-0.25, -0.2) is 0 Å². The molecule has 14 heavy (non-hydrogen) atoms. The maximum absolute atomic E-state index is 9.53. The van der Waals surface area contributed by atoms with E-state index in [0.717, 1.165) is 0 Å². The highest BCUT2D eigenvalue weighted by Gasteiger charge is 2.17. The van der Waals surface area contributed by atoms with Crippen molar-refractivity contribution in [2.45, 2.75) is 12.2 Å². The van der Waals surface area contributed by atoms with Crippen molar-refractivity contribution in [1.29, 1.82) is 5.26 Å². The summed E-state index contributed by atoms with van der Waals surface area (Å²) in [5, 5.41) is 27.4. The van der Waals surface area contributed by atoms with Crippen molar-refractivity contribution in [3.05, 3.63) is 29.6 Å². The van der Waals surface area contributed by atoms with Gasteiger partial charge in [-0.1, -0.05) is 0 Å². The summed E-state index contributed by atoms with van der Waals surface area (Å²) in [6.45, 7) is -0.0437. The van der Waals surface area contributed by atoms with Crippen molar-refractivity contribution in [1.82, 2.24) is 4.98 Å². The van der Waals surface area contributed by atoms with Gasteiger partial charge < -0.3 is 15.9 Å². The summed E-state index contributed by atoms with van der Waals surface area (Å²) in [5.74, 6) is 0. The first-order chi connectivity index (χ1) is 6.69. The summed E-state index contributed by atoms with van der Waals surface area (Å²) in [5.41, 5.74) is 5.91. The van der Waals surface area contributed by atoms with Crippen LogP contribution in [0.25, 0.3) is 0 Å². The third-order valence-electron chi connectivity index (χ3n) is 1.84. The Bertz CT molecular complexity index is 348. The van der Waals surface area contributed by atoms with E-state index in [1.54, 1.807) is 0 Å². The van der Waals surface area contributed by atoms with Crippen LogP contribution in [0.3, 0.4) is 0 Å². The first-order valence-corrected chi connectivity index (χ1v) is 4.10. The minimum absolute atomic E-state index is 0.0437. The van der Waals surface area contributed by atoms with Crippen LogP contribution in [-0.4, -0.2) is 27.8 Å². The van der Waals surface area contributed by atoms with Crippen LogP contribution in [-0.2, 0) is 0 Å². The van der Waals surface area contributed by atoms with Crippen molar-refractivity contribution in [2.75, 3.05) is 6.54 Å². The fourth-order valence-corrected chi connectivity index (χ4v) is 1.03. The molecule has 0 aromatic carbocycles. The maximum Gasteiger partial charge on any atom is 0.108 e. The molecule has 5 heteroatoms. The summed E-state index contributed by atoms with van der Waals surface area (Å²) in [6, 6.07) is 3.36. The molecule has 0 aliphatic heterocycles. The quantitative estimate of drug-likeness (QED) is 0.589. The lowest BCUT2D eigenvalue weighted by Crippen LogP contribution is -2.27. The van der Waals surface area contributed by atoms with E-state index in [1.165, 1.54) is 18.5 Å². The van der Waals surface area contributed by atoms with Crippen LogP contribution in [0, 0.1) is 11.3 Å². The largest absolute Gasteiger partial charge is 0.389 e. The van der Waals surface area contributed by atoms with E-state index >= 15 is 0 Å². The fraction of sp³-hybridized carbons (Fsp3) is 0.333. The number of hydrogen-bond acceptors (Lipinski definition) is 5. The summed E-state index contributed by atoms with van der Waals surface area (Å²) in [4.78, 5) is 3.76. The van der Waals surface area contributed by atoms with Crippen LogP contribution in [0.1, 0.15) is 17.2 Å². The summed E-state index contributed by atoms with van der Waals surface area (Å²) in [6.07, 6.45) is 0.640. The smallest absolute Gasteiger partial charge is 0.108 e. The third-order valence-corrected chi connectivity index (χ3v) is 1.84. The molecule has 0 spiro atoms. The van der Waals surface area contributed by atoms with Gasteiger partial charge in [0.1, 0.15) is 12.2 Å². The Morgan fingerprint density at radius 3 is 2.79 bits per heavy atom. The first kappa shape index (κ1) is 10.6. The number of aliphatic hydroxyl groups excluding tert-OH is 2. The van der Waals surface area contributed by atoms with E-state index in [-0.39, 0.29) is 6.54 Å². The molecular weight excluding hydrogens is 182 g/mol. The predicted molar refractivity (Wildman–Crippen MR) is 49.0 cm³/mol. The highest BCUT2D eigenvalue weighted by Crippen LogP contribution is 2.15. The molecule has 1 aromatic heterocycles. The van der Waals surface area contributed by atoms with Gasteiger partial charge in [-0.3, -0.25) is 4.98 Å². The molecule has 4 N–H and O–H groups in total. The molecule has 2 unspecified atom stereocenters. The Balaban J connectivity index is 2.91. The number of nitrogens with zero attached hydrogens (tertiary/aromatic N) is 2. The number of aliphatic hydroxyl groups is 2. The maximum atomic E-state index is 9.53. The lowest BCUT2D eigenvalue weighted by atomic mass is 10.1. The number of nitrogens with two attached hydrogens (primary N) is 1. The number of hydrogen-bond donors (Lipinski definition) is 3. The van der Waals surface area contributed by atoms with E-state index in [2.05, 4.69) is 4.98 Å². The molecule has 0 bridgehead atoms. The second-order valence-electron chi connectivity index (χ2n) is 2.87. The molecule has 0 fully saturated rings. The van der Waals surface area contributed by atoms with Crippen LogP contribution in [0.5, 0.6) is 0 Å². The van der Waals surface area contributed by atoms with E-state index in [4.69, 9.17) is 11.0 Å². The highest BCUT2D eigenvalue weighted by atomic mass is 16.3. The fourth-order valence-electron chi connectivity index (χ4n) is 1.03. The highest BCUT2D eigenvalue weighted by molar-refractivity contribution is 5.30. The van der Waals surface area contributed by atoms with Crippen molar-refractivity contribution in [2.24, 2.45) is 5.73 Å². The molecule has 1 aromatic rings. The van der Waals surface area contributed by atoms with Crippen LogP contribution in [0.2, 0.25) is 0 Å². The molecule has 0 saturated carbocycles. The molecule has 0 saturated heterocycles. The van der Waals surface area contributed by atoms with E-state index < -0.39 is 12.2 Å². The van der Waals surface area contributed by atoms with Gasteiger partial charge in [0.15, 0.2) is 0 Å². The van der Waals surface area contributed by atoms with Gasteiger partial charge in [0.05, 0.1) is 11.7 Å². The van der Waals surface area contributed by atoms with Gasteiger partial charge in [-0.05, 0) is 6.07 Å². The van der Waals surface area contributed by atoms with Crippen molar-refractivity contribution in [3.63, 3.8) is 0 Å². The predicted octanol–water partition coefficient (Wildman–Crippen LogP) is -0.694. The van der Waals surface area contributed by atoms with Crippen molar-refractivity contribution in [3.8, 4) is 6.07 Å². The zero-order chi connectivity index (χ0) is 10.6. The van der Waals surface area contributed by atoms with Crippen LogP contribution < -0.4 is 5.73 Å². The van der Waals surface area contributed by atoms with Gasteiger partial charge in [0, 0.05) is 24.5 Å². The lowest BCUT2D eigenvalue weighted by Gasteiger charge is -2.15.